The van der Waals surface area contributed by atoms with Crippen LogP contribution in [-0.4, -0.2) is 41.5 Å². The SMILES string of the molecule is CCCCCCCOc1ccc(C(=O)Oc2ccc(C[C@H](NC(=O)c3ccc(NC(=O)C4CCCCC4)cc3)C(=O)O)cc2)cc1. The van der Waals surface area contributed by atoms with Gasteiger partial charge in [0.05, 0.1) is 12.2 Å². The summed E-state index contributed by atoms with van der Waals surface area (Å²) in [5, 5.41) is 15.2. The van der Waals surface area contributed by atoms with Gasteiger partial charge in [0.2, 0.25) is 5.91 Å². The number of carboxylic acid groups (broad SMARTS) is 1. The van der Waals surface area contributed by atoms with Crippen LogP contribution < -0.4 is 20.1 Å². The predicted octanol–water partition coefficient (Wildman–Crippen LogP) is 7.20. The largest absolute Gasteiger partial charge is 0.494 e. The van der Waals surface area contributed by atoms with Gasteiger partial charge in [-0.15, -0.1) is 0 Å². The number of anilines is 1. The highest BCUT2D eigenvalue weighted by Gasteiger charge is 2.23. The van der Waals surface area contributed by atoms with Crippen molar-refractivity contribution in [2.24, 2.45) is 5.92 Å². The number of esters is 1. The summed E-state index contributed by atoms with van der Waals surface area (Å²) in [5.74, 6) is -1.21. The van der Waals surface area contributed by atoms with Crippen molar-refractivity contribution >= 4 is 29.4 Å². The van der Waals surface area contributed by atoms with Crippen LogP contribution in [-0.2, 0) is 16.0 Å². The third-order valence-corrected chi connectivity index (χ3v) is 8.17. The van der Waals surface area contributed by atoms with E-state index in [2.05, 4.69) is 17.6 Å². The van der Waals surface area contributed by atoms with Crippen LogP contribution >= 0.6 is 0 Å². The second kappa shape index (κ2) is 17.7. The number of unbranched alkanes of at least 4 members (excludes halogenated alkanes) is 4. The number of hydrogen-bond acceptors (Lipinski definition) is 6. The van der Waals surface area contributed by atoms with E-state index >= 15 is 0 Å². The van der Waals surface area contributed by atoms with E-state index in [0.717, 1.165) is 44.9 Å². The van der Waals surface area contributed by atoms with Gasteiger partial charge in [-0.2, -0.15) is 0 Å². The van der Waals surface area contributed by atoms with Crippen LogP contribution in [0, 0.1) is 5.92 Å². The van der Waals surface area contributed by atoms with Gasteiger partial charge in [0.25, 0.3) is 5.91 Å². The Morgan fingerprint density at radius 3 is 2.07 bits per heavy atom. The van der Waals surface area contributed by atoms with Crippen LogP contribution in [0.2, 0.25) is 0 Å². The molecule has 2 amide bonds. The fourth-order valence-electron chi connectivity index (χ4n) is 5.43. The Balaban J connectivity index is 1.24. The van der Waals surface area contributed by atoms with Crippen molar-refractivity contribution in [3.8, 4) is 11.5 Å². The van der Waals surface area contributed by atoms with Crippen molar-refractivity contribution in [2.75, 3.05) is 11.9 Å². The van der Waals surface area contributed by atoms with Crippen LogP contribution in [0.3, 0.4) is 0 Å². The monoisotopic (exact) mass is 628 g/mol. The van der Waals surface area contributed by atoms with Crippen molar-refractivity contribution in [1.82, 2.24) is 5.32 Å². The molecule has 1 saturated carbocycles. The number of ether oxygens (including phenoxy) is 2. The molecule has 1 aliphatic carbocycles. The van der Waals surface area contributed by atoms with Crippen LogP contribution in [0.25, 0.3) is 0 Å². The number of carboxylic acids is 1. The van der Waals surface area contributed by atoms with Gasteiger partial charge in [-0.05, 0) is 85.5 Å². The van der Waals surface area contributed by atoms with Gasteiger partial charge < -0.3 is 25.2 Å². The van der Waals surface area contributed by atoms with Crippen LogP contribution in [0.15, 0.2) is 72.8 Å². The molecule has 0 spiro atoms. The molecule has 46 heavy (non-hydrogen) atoms. The zero-order chi connectivity index (χ0) is 32.7. The average molecular weight is 629 g/mol. The summed E-state index contributed by atoms with van der Waals surface area (Å²) in [6.45, 7) is 2.82. The first-order valence-corrected chi connectivity index (χ1v) is 16.3. The van der Waals surface area contributed by atoms with Gasteiger partial charge in [-0.3, -0.25) is 9.59 Å². The average Bonchev–Trinajstić information content (AvgIpc) is 3.07. The molecule has 1 aliphatic rings. The Kier molecular flexibility index (Phi) is 13.2. The highest BCUT2D eigenvalue weighted by Crippen LogP contribution is 2.25. The topological polar surface area (TPSA) is 131 Å². The van der Waals surface area contributed by atoms with Crippen molar-refractivity contribution in [3.05, 3.63) is 89.5 Å². The van der Waals surface area contributed by atoms with E-state index < -0.39 is 23.9 Å². The van der Waals surface area contributed by atoms with Crippen molar-refractivity contribution in [3.63, 3.8) is 0 Å². The van der Waals surface area contributed by atoms with Crippen molar-refractivity contribution < 1.29 is 33.8 Å². The minimum Gasteiger partial charge on any atom is -0.494 e. The Labute approximate surface area is 270 Å². The first kappa shape index (κ1) is 34.2. The number of carbonyl (C=O) groups excluding carboxylic acids is 3. The molecule has 9 nitrogen and oxygen atoms in total. The number of amides is 2. The third kappa shape index (κ3) is 10.8. The highest BCUT2D eigenvalue weighted by molar-refractivity contribution is 5.98. The fraction of sp³-hybridized carbons (Fsp3) is 0.405. The molecule has 0 unspecified atom stereocenters. The van der Waals surface area contributed by atoms with Gasteiger partial charge in [0, 0.05) is 23.6 Å². The normalized spacial score (nSPS) is 13.8. The molecule has 1 atom stereocenters. The number of benzene rings is 3. The summed E-state index contributed by atoms with van der Waals surface area (Å²) in [7, 11) is 0. The molecule has 0 radical (unpaired) electrons. The molecule has 0 bridgehead atoms. The molecule has 3 N–H and O–H groups in total. The minimum atomic E-state index is -1.18. The van der Waals surface area contributed by atoms with E-state index in [4.69, 9.17) is 9.47 Å². The summed E-state index contributed by atoms with van der Waals surface area (Å²) in [4.78, 5) is 49.9. The third-order valence-electron chi connectivity index (χ3n) is 8.17. The van der Waals surface area contributed by atoms with Gasteiger partial charge in [-0.25, -0.2) is 9.59 Å². The molecular weight excluding hydrogens is 584 g/mol. The maximum atomic E-state index is 12.8. The standard InChI is InChI=1S/C37H44N2O7/c1-2-3-4-5-9-24-45-31-22-16-29(17-23-31)37(44)46-32-20-12-26(13-21-32)25-33(36(42)43)39-35(41)28-14-18-30(19-15-28)38-34(40)27-10-7-6-8-11-27/h12-23,27,33H,2-11,24-25H2,1H3,(H,38,40)(H,39,41)(H,42,43)/t33-/m0/s1. The lowest BCUT2D eigenvalue weighted by atomic mass is 9.88. The van der Waals surface area contributed by atoms with E-state index in [1.807, 2.05) is 0 Å². The van der Waals surface area contributed by atoms with Crippen LogP contribution in [0.5, 0.6) is 11.5 Å². The molecule has 9 heteroatoms. The smallest absolute Gasteiger partial charge is 0.343 e. The zero-order valence-electron chi connectivity index (χ0n) is 26.5. The Bertz CT molecular complexity index is 1430. The number of rotatable bonds is 16. The lowest BCUT2D eigenvalue weighted by Crippen LogP contribution is -2.42. The summed E-state index contributed by atoms with van der Waals surface area (Å²) in [5.41, 5.74) is 1.90. The molecule has 0 saturated heterocycles. The molecule has 0 aliphatic heterocycles. The first-order valence-electron chi connectivity index (χ1n) is 16.3. The number of nitrogens with one attached hydrogen (secondary N) is 2. The van der Waals surface area contributed by atoms with Crippen molar-refractivity contribution in [2.45, 2.75) is 83.6 Å². The van der Waals surface area contributed by atoms with Crippen LogP contribution in [0.1, 0.15) is 97.4 Å². The van der Waals surface area contributed by atoms with E-state index in [9.17, 15) is 24.3 Å². The van der Waals surface area contributed by atoms with Gasteiger partial charge in [-0.1, -0.05) is 64.0 Å². The molecular formula is C37H44N2O7. The quantitative estimate of drug-likeness (QED) is 0.0869. The maximum absolute atomic E-state index is 12.8. The minimum absolute atomic E-state index is 0.00790. The summed E-state index contributed by atoms with van der Waals surface area (Å²) in [6.07, 6.45) is 10.9. The van der Waals surface area contributed by atoms with Gasteiger partial charge >= 0.3 is 11.9 Å². The summed E-state index contributed by atoms with van der Waals surface area (Å²) < 4.78 is 11.2. The highest BCUT2D eigenvalue weighted by atomic mass is 16.5. The van der Waals surface area contributed by atoms with E-state index in [-0.39, 0.29) is 23.8 Å². The second-order valence-electron chi connectivity index (χ2n) is 11.8. The predicted molar refractivity (Wildman–Crippen MR) is 176 cm³/mol. The Morgan fingerprint density at radius 2 is 1.41 bits per heavy atom. The lowest BCUT2D eigenvalue weighted by molar-refractivity contribution is -0.139. The lowest BCUT2D eigenvalue weighted by Gasteiger charge is -2.20. The molecule has 244 valence electrons. The molecule has 0 heterocycles. The second-order valence-corrected chi connectivity index (χ2v) is 11.8. The number of aliphatic carboxylic acids is 1. The summed E-state index contributed by atoms with van der Waals surface area (Å²) in [6, 6.07) is 18.5. The molecule has 4 rings (SSSR count). The number of carbonyl (C=O) groups is 4. The van der Waals surface area contributed by atoms with Gasteiger partial charge in [0.1, 0.15) is 17.5 Å². The summed E-state index contributed by atoms with van der Waals surface area (Å²) >= 11 is 0. The van der Waals surface area contributed by atoms with Gasteiger partial charge in [0.15, 0.2) is 0 Å². The molecule has 3 aromatic carbocycles. The molecule has 0 aromatic heterocycles. The van der Waals surface area contributed by atoms with Crippen molar-refractivity contribution in [1.29, 1.82) is 0 Å². The molecule has 1 fully saturated rings. The van der Waals surface area contributed by atoms with E-state index in [1.54, 1.807) is 72.8 Å². The Hall–Kier alpha value is -4.66. The Morgan fingerprint density at radius 1 is 0.783 bits per heavy atom. The maximum Gasteiger partial charge on any atom is 0.343 e. The van der Waals surface area contributed by atoms with E-state index in [0.29, 0.717) is 34.9 Å². The zero-order valence-corrected chi connectivity index (χ0v) is 26.5. The van der Waals surface area contributed by atoms with E-state index in [1.165, 1.54) is 19.3 Å². The van der Waals surface area contributed by atoms with Crippen LogP contribution in [0.4, 0.5) is 5.69 Å². The molecule has 3 aromatic rings. The first-order chi connectivity index (χ1) is 22.3. The number of hydrogen-bond donors (Lipinski definition) is 3. The fourth-order valence-corrected chi connectivity index (χ4v) is 5.43.